The Morgan fingerprint density at radius 1 is 1.23 bits per heavy atom. The van der Waals surface area contributed by atoms with E-state index in [1.54, 1.807) is 0 Å². The van der Waals surface area contributed by atoms with E-state index in [-0.39, 0.29) is 12.5 Å². The first-order valence-corrected chi connectivity index (χ1v) is 7.17. The molecule has 1 aromatic carbocycles. The molecule has 0 bridgehead atoms. The maximum absolute atomic E-state index is 11.2. The SMILES string of the molecule is CC(=O)N[C@@H]1[C@@H](O)[C@H]2OC(c3ccccc3)OC[C@H]2O[C@@H]1O. The van der Waals surface area contributed by atoms with Gasteiger partial charge in [0.2, 0.25) is 5.91 Å². The van der Waals surface area contributed by atoms with Gasteiger partial charge in [0.25, 0.3) is 0 Å². The van der Waals surface area contributed by atoms with E-state index in [1.807, 2.05) is 30.3 Å². The van der Waals surface area contributed by atoms with Crippen molar-refractivity contribution in [3.05, 3.63) is 35.9 Å². The van der Waals surface area contributed by atoms with E-state index < -0.39 is 36.9 Å². The molecule has 7 nitrogen and oxygen atoms in total. The maximum atomic E-state index is 11.2. The largest absolute Gasteiger partial charge is 0.388 e. The van der Waals surface area contributed by atoms with Crippen LogP contribution in [0, 0.1) is 0 Å². The lowest BCUT2D eigenvalue weighted by atomic mass is 9.96. The van der Waals surface area contributed by atoms with Crippen molar-refractivity contribution in [3.63, 3.8) is 0 Å². The van der Waals surface area contributed by atoms with Crippen LogP contribution in [0.4, 0.5) is 0 Å². The van der Waals surface area contributed by atoms with Gasteiger partial charge in [-0.1, -0.05) is 30.3 Å². The third-order valence-electron chi connectivity index (χ3n) is 3.83. The molecule has 3 N–H and O–H groups in total. The molecule has 2 aliphatic heterocycles. The van der Waals surface area contributed by atoms with E-state index in [9.17, 15) is 15.0 Å². The van der Waals surface area contributed by atoms with Gasteiger partial charge in [0.15, 0.2) is 12.6 Å². The predicted molar refractivity (Wildman–Crippen MR) is 74.5 cm³/mol. The fourth-order valence-corrected chi connectivity index (χ4v) is 2.78. The topological polar surface area (TPSA) is 97.3 Å². The van der Waals surface area contributed by atoms with Gasteiger partial charge in [-0.3, -0.25) is 4.79 Å². The molecule has 22 heavy (non-hydrogen) atoms. The molecule has 6 atom stereocenters. The number of amides is 1. The van der Waals surface area contributed by atoms with Crippen LogP contribution in [-0.4, -0.2) is 53.4 Å². The number of hydrogen-bond donors (Lipinski definition) is 3. The zero-order valence-electron chi connectivity index (χ0n) is 12.1. The van der Waals surface area contributed by atoms with E-state index in [0.29, 0.717) is 0 Å². The van der Waals surface area contributed by atoms with Crippen molar-refractivity contribution in [2.75, 3.05) is 6.61 Å². The summed E-state index contributed by atoms with van der Waals surface area (Å²) in [5.74, 6) is -0.364. The summed E-state index contributed by atoms with van der Waals surface area (Å²) < 4.78 is 16.8. The van der Waals surface area contributed by atoms with Gasteiger partial charge in [0.05, 0.1) is 6.61 Å². The van der Waals surface area contributed by atoms with Crippen molar-refractivity contribution < 1.29 is 29.2 Å². The molecule has 2 aliphatic rings. The van der Waals surface area contributed by atoms with E-state index in [0.717, 1.165) is 5.56 Å². The number of nitrogens with one attached hydrogen (secondary N) is 1. The van der Waals surface area contributed by atoms with Crippen LogP contribution in [-0.2, 0) is 19.0 Å². The lowest BCUT2D eigenvalue weighted by Crippen LogP contribution is -2.66. The number of aliphatic hydroxyl groups is 2. The smallest absolute Gasteiger partial charge is 0.217 e. The highest BCUT2D eigenvalue weighted by molar-refractivity contribution is 5.73. The molecule has 0 aliphatic carbocycles. The fraction of sp³-hybridized carbons (Fsp3) is 0.533. The van der Waals surface area contributed by atoms with E-state index in [4.69, 9.17) is 14.2 Å². The summed E-state index contributed by atoms with van der Waals surface area (Å²) in [6, 6.07) is 8.41. The van der Waals surface area contributed by atoms with Crippen LogP contribution in [0.25, 0.3) is 0 Å². The minimum absolute atomic E-state index is 0.186. The van der Waals surface area contributed by atoms with Gasteiger partial charge in [0.1, 0.15) is 24.4 Å². The second-order valence-corrected chi connectivity index (χ2v) is 5.46. The summed E-state index contributed by atoms with van der Waals surface area (Å²) in [6.07, 6.45) is -4.29. The highest BCUT2D eigenvalue weighted by atomic mass is 16.7. The quantitative estimate of drug-likeness (QED) is 0.693. The second kappa shape index (κ2) is 6.31. The summed E-state index contributed by atoms with van der Waals surface area (Å²) in [6.45, 7) is 1.49. The Kier molecular flexibility index (Phi) is 4.42. The third kappa shape index (κ3) is 2.99. The van der Waals surface area contributed by atoms with Crippen molar-refractivity contribution in [2.24, 2.45) is 0 Å². The minimum atomic E-state index is -1.30. The van der Waals surface area contributed by atoms with Gasteiger partial charge >= 0.3 is 0 Å². The third-order valence-corrected chi connectivity index (χ3v) is 3.83. The highest BCUT2D eigenvalue weighted by Crippen LogP contribution is 2.33. The summed E-state index contributed by atoms with van der Waals surface area (Å²) in [5, 5.41) is 22.8. The predicted octanol–water partition coefficient (Wildman–Crippen LogP) is -0.317. The Morgan fingerprint density at radius 3 is 2.64 bits per heavy atom. The minimum Gasteiger partial charge on any atom is -0.388 e. The van der Waals surface area contributed by atoms with E-state index >= 15 is 0 Å². The zero-order chi connectivity index (χ0) is 15.7. The average Bonchev–Trinajstić information content (AvgIpc) is 2.52. The molecule has 0 saturated carbocycles. The fourth-order valence-electron chi connectivity index (χ4n) is 2.78. The molecular formula is C15H19NO6. The summed E-state index contributed by atoms with van der Waals surface area (Å²) >= 11 is 0. The van der Waals surface area contributed by atoms with E-state index in [2.05, 4.69) is 5.32 Å². The Morgan fingerprint density at radius 2 is 1.95 bits per heavy atom. The van der Waals surface area contributed by atoms with Crippen LogP contribution in [0.1, 0.15) is 18.8 Å². The summed E-state index contributed by atoms with van der Waals surface area (Å²) in [4.78, 5) is 11.2. The number of fused-ring (bicyclic) bond motifs is 1. The lowest BCUT2D eigenvalue weighted by molar-refractivity contribution is -0.337. The number of rotatable bonds is 2. The molecule has 120 valence electrons. The number of carbonyl (C=O) groups is 1. The number of ether oxygens (including phenoxy) is 3. The molecular weight excluding hydrogens is 290 g/mol. The summed E-state index contributed by atoms with van der Waals surface area (Å²) in [5.41, 5.74) is 0.829. The second-order valence-electron chi connectivity index (χ2n) is 5.46. The standard InChI is InChI=1S/C15H19NO6/c1-8(17)16-11-12(18)13-10(21-14(11)19)7-20-15(22-13)9-5-3-2-4-6-9/h2-6,10-15,18-19H,7H2,1H3,(H,16,17)/t10-,11-,12-,13+,14+,15?/m1/s1. The molecule has 1 unspecified atom stereocenters. The molecule has 1 aromatic rings. The van der Waals surface area contributed by atoms with Gasteiger partial charge in [-0.2, -0.15) is 0 Å². The van der Waals surface area contributed by atoms with Gasteiger partial charge in [-0.05, 0) is 0 Å². The highest BCUT2D eigenvalue weighted by Gasteiger charge is 2.49. The van der Waals surface area contributed by atoms with Crippen LogP contribution in [0.5, 0.6) is 0 Å². The van der Waals surface area contributed by atoms with Crippen LogP contribution >= 0.6 is 0 Å². The maximum Gasteiger partial charge on any atom is 0.217 e. The monoisotopic (exact) mass is 309 g/mol. The first-order chi connectivity index (χ1) is 10.6. The molecule has 0 spiro atoms. The van der Waals surface area contributed by atoms with E-state index in [1.165, 1.54) is 6.92 Å². The van der Waals surface area contributed by atoms with Crippen LogP contribution in [0.3, 0.4) is 0 Å². The van der Waals surface area contributed by atoms with Crippen molar-refractivity contribution in [1.82, 2.24) is 5.32 Å². The molecule has 2 saturated heterocycles. The van der Waals surface area contributed by atoms with Gasteiger partial charge in [-0.25, -0.2) is 0 Å². The lowest BCUT2D eigenvalue weighted by Gasteiger charge is -2.46. The Bertz CT molecular complexity index is 524. The summed E-state index contributed by atoms with van der Waals surface area (Å²) in [7, 11) is 0. The Balaban J connectivity index is 1.75. The van der Waals surface area contributed by atoms with Crippen LogP contribution < -0.4 is 5.32 Å². The zero-order valence-corrected chi connectivity index (χ0v) is 12.1. The molecule has 0 radical (unpaired) electrons. The number of hydrogen-bond acceptors (Lipinski definition) is 6. The molecule has 0 aromatic heterocycles. The van der Waals surface area contributed by atoms with Crippen molar-refractivity contribution >= 4 is 5.91 Å². The van der Waals surface area contributed by atoms with Crippen LogP contribution in [0.2, 0.25) is 0 Å². The van der Waals surface area contributed by atoms with Crippen molar-refractivity contribution in [2.45, 2.75) is 43.9 Å². The normalized spacial score (nSPS) is 38.1. The Labute approximate surface area is 127 Å². The van der Waals surface area contributed by atoms with Gasteiger partial charge < -0.3 is 29.7 Å². The molecule has 7 heteroatoms. The van der Waals surface area contributed by atoms with Crippen molar-refractivity contribution in [3.8, 4) is 0 Å². The number of aliphatic hydroxyl groups excluding tert-OH is 2. The Hall–Kier alpha value is -1.51. The van der Waals surface area contributed by atoms with Gasteiger partial charge in [-0.15, -0.1) is 0 Å². The molecule has 3 rings (SSSR count). The average molecular weight is 309 g/mol. The first-order valence-electron chi connectivity index (χ1n) is 7.17. The van der Waals surface area contributed by atoms with Gasteiger partial charge in [0, 0.05) is 12.5 Å². The first kappa shape index (κ1) is 15.4. The number of benzene rings is 1. The molecule has 2 fully saturated rings. The molecule has 1 amide bonds. The molecule has 2 heterocycles. The van der Waals surface area contributed by atoms with Crippen LogP contribution in [0.15, 0.2) is 30.3 Å². The van der Waals surface area contributed by atoms with Crippen molar-refractivity contribution in [1.29, 1.82) is 0 Å². The number of carbonyl (C=O) groups excluding carboxylic acids is 1.